The molecular formula is C12H9ClN4O2. The number of rotatable bonds is 2. The lowest BCUT2D eigenvalue weighted by Crippen LogP contribution is -1.97. The molecule has 2 N–H and O–H groups in total. The zero-order chi connectivity index (χ0) is 13.6. The molecule has 2 aromatic heterocycles. The number of H-pyrrole nitrogens is 1. The number of nitrogens with zero attached hydrogens (tertiary/aromatic N) is 3. The lowest BCUT2D eigenvalue weighted by molar-refractivity contribution is 0.0697. The van der Waals surface area contributed by atoms with Crippen LogP contribution < -0.4 is 0 Å². The molecule has 96 valence electrons. The van der Waals surface area contributed by atoms with E-state index < -0.39 is 5.97 Å². The maximum absolute atomic E-state index is 10.8. The maximum atomic E-state index is 10.8. The van der Waals surface area contributed by atoms with E-state index >= 15 is 0 Å². The molecule has 2 heterocycles. The highest BCUT2D eigenvalue weighted by molar-refractivity contribution is 6.35. The van der Waals surface area contributed by atoms with Crippen molar-refractivity contribution in [3.8, 4) is 5.95 Å². The van der Waals surface area contributed by atoms with Gasteiger partial charge in [-0.15, -0.1) is 0 Å². The second-order valence-electron chi connectivity index (χ2n) is 4.18. The summed E-state index contributed by atoms with van der Waals surface area (Å²) in [6.45, 7) is 1.93. The van der Waals surface area contributed by atoms with Crippen molar-refractivity contribution in [3.05, 3.63) is 40.7 Å². The van der Waals surface area contributed by atoms with Crippen molar-refractivity contribution in [3.63, 3.8) is 0 Å². The molecule has 19 heavy (non-hydrogen) atoms. The van der Waals surface area contributed by atoms with Crippen molar-refractivity contribution in [2.75, 3.05) is 0 Å². The second kappa shape index (κ2) is 4.10. The zero-order valence-electron chi connectivity index (χ0n) is 9.88. The third-order valence-electron chi connectivity index (χ3n) is 2.72. The van der Waals surface area contributed by atoms with Crippen LogP contribution in [0.4, 0.5) is 0 Å². The number of imidazole rings is 1. The Hall–Kier alpha value is -2.34. The van der Waals surface area contributed by atoms with E-state index in [1.807, 2.05) is 19.1 Å². The average Bonchev–Trinajstić information content (AvgIpc) is 2.92. The highest BCUT2D eigenvalue weighted by Gasteiger charge is 2.12. The van der Waals surface area contributed by atoms with E-state index in [-0.39, 0.29) is 5.56 Å². The first-order valence-electron chi connectivity index (χ1n) is 5.49. The molecule has 0 atom stereocenters. The van der Waals surface area contributed by atoms with E-state index in [1.165, 1.54) is 17.1 Å². The molecular weight excluding hydrogens is 268 g/mol. The van der Waals surface area contributed by atoms with Gasteiger partial charge in [-0.2, -0.15) is 5.10 Å². The SMILES string of the molecule is Cc1cc(Cl)c2nc(-n3cc(C(=O)O)cn3)[nH]c2c1. The van der Waals surface area contributed by atoms with Gasteiger partial charge in [0.1, 0.15) is 5.52 Å². The molecule has 6 nitrogen and oxygen atoms in total. The Morgan fingerprint density at radius 1 is 1.47 bits per heavy atom. The number of aromatic carboxylic acids is 1. The Balaban J connectivity index is 2.14. The van der Waals surface area contributed by atoms with Crippen LogP contribution in [0.5, 0.6) is 0 Å². The summed E-state index contributed by atoms with van der Waals surface area (Å²) < 4.78 is 1.37. The van der Waals surface area contributed by atoms with Gasteiger partial charge < -0.3 is 10.1 Å². The van der Waals surface area contributed by atoms with Gasteiger partial charge >= 0.3 is 5.97 Å². The van der Waals surface area contributed by atoms with Crippen LogP contribution >= 0.6 is 11.6 Å². The molecule has 0 aliphatic carbocycles. The minimum absolute atomic E-state index is 0.0998. The van der Waals surface area contributed by atoms with E-state index in [9.17, 15) is 4.79 Å². The molecule has 0 radical (unpaired) electrons. The number of carbonyl (C=O) groups is 1. The molecule has 0 fully saturated rings. The van der Waals surface area contributed by atoms with Crippen LogP contribution in [0.2, 0.25) is 5.02 Å². The first-order valence-corrected chi connectivity index (χ1v) is 5.86. The number of aromatic nitrogens is 4. The molecule has 3 rings (SSSR count). The van der Waals surface area contributed by atoms with Crippen molar-refractivity contribution in [2.45, 2.75) is 6.92 Å². The van der Waals surface area contributed by atoms with Crippen LogP contribution in [-0.4, -0.2) is 30.8 Å². The third-order valence-corrected chi connectivity index (χ3v) is 3.01. The number of hydrogen-bond donors (Lipinski definition) is 2. The Morgan fingerprint density at radius 2 is 2.26 bits per heavy atom. The highest BCUT2D eigenvalue weighted by atomic mass is 35.5. The molecule has 0 aliphatic heterocycles. The molecule has 0 aliphatic rings. The number of aromatic amines is 1. The van der Waals surface area contributed by atoms with Crippen LogP contribution in [0.25, 0.3) is 17.0 Å². The molecule has 0 saturated carbocycles. The predicted octanol–water partition coefficient (Wildman–Crippen LogP) is 2.41. The lowest BCUT2D eigenvalue weighted by atomic mass is 10.2. The summed E-state index contributed by atoms with van der Waals surface area (Å²) in [5.41, 5.74) is 2.53. The molecule has 0 amide bonds. The van der Waals surface area contributed by atoms with Gasteiger partial charge in [0.05, 0.1) is 22.3 Å². The fourth-order valence-corrected chi connectivity index (χ4v) is 2.17. The fraction of sp³-hybridized carbons (Fsp3) is 0.0833. The summed E-state index contributed by atoms with van der Waals surface area (Å²) in [7, 11) is 0. The number of nitrogens with one attached hydrogen (secondary N) is 1. The molecule has 0 saturated heterocycles. The van der Waals surface area contributed by atoms with Gasteiger partial charge in [-0.3, -0.25) is 0 Å². The highest BCUT2D eigenvalue weighted by Crippen LogP contribution is 2.24. The first kappa shape index (κ1) is 11.7. The fourth-order valence-electron chi connectivity index (χ4n) is 1.86. The standard InChI is InChI=1S/C12H9ClN4O2/c1-6-2-8(13)10-9(3-6)15-12(16-10)17-5-7(4-14-17)11(18)19/h2-5H,1H3,(H,15,16)(H,18,19). The summed E-state index contributed by atoms with van der Waals surface area (Å²) in [6, 6.07) is 3.74. The lowest BCUT2D eigenvalue weighted by Gasteiger charge is -1.94. The van der Waals surface area contributed by atoms with E-state index in [4.69, 9.17) is 16.7 Å². The molecule has 1 aromatic carbocycles. The van der Waals surface area contributed by atoms with Gasteiger partial charge in [-0.05, 0) is 24.6 Å². The average molecular weight is 277 g/mol. The van der Waals surface area contributed by atoms with Gasteiger partial charge in [0.15, 0.2) is 0 Å². The van der Waals surface area contributed by atoms with Crippen LogP contribution in [0, 0.1) is 6.92 Å². The van der Waals surface area contributed by atoms with E-state index in [2.05, 4.69) is 15.1 Å². The Bertz CT molecular complexity index is 790. The maximum Gasteiger partial charge on any atom is 0.338 e. The van der Waals surface area contributed by atoms with Gasteiger partial charge in [0.2, 0.25) is 5.95 Å². The van der Waals surface area contributed by atoms with E-state index in [1.54, 1.807) is 0 Å². The summed E-state index contributed by atoms with van der Waals surface area (Å²) >= 11 is 6.11. The van der Waals surface area contributed by atoms with Crippen LogP contribution in [0.3, 0.4) is 0 Å². The number of halogens is 1. The molecule has 3 aromatic rings. The van der Waals surface area contributed by atoms with Crippen molar-refractivity contribution in [1.29, 1.82) is 0 Å². The molecule has 0 unspecified atom stereocenters. The van der Waals surface area contributed by atoms with Crippen molar-refractivity contribution >= 4 is 28.6 Å². The van der Waals surface area contributed by atoms with Crippen molar-refractivity contribution in [2.24, 2.45) is 0 Å². The smallest absolute Gasteiger partial charge is 0.338 e. The number of aryl methyl sites for hydroxylation is 1. The molecule has 0 bridgehead atoms. The number of carboxylic acids is 1. The predicted molar refractivity (Wildman–Crippen MR) is 69.9 cm³/mol. The van der Waals surface area contributed by atoms with Crippen molar-refractivity contribution < 1.29 is 9.90 Å². The summed E-state index contributed by atoms with van der Waals surface area (Å²) in [5, 5.41) is 13.4. The molecule has 7 heteroatoms. The Kier molecular flexibility index (Phi) is 2.53. The normalized spacial score (nSPS) is 11.1. The number of hydrogen-bond acceptors (Lipinski definition) is 3. The summed E-state index contributed by atoms with van der Waals surface area (Å²) in [6.07, 6.45) is 2.66. The van der Waals surface area contributed by atoms with Gasteiger partial charge in [-0.25, -0.2) is 14.5 Å². The largest absolute Gasteiger partial charge is 0.478 e. The van der Waals surface area contributed by atoms with E-state index in [0.29, 0.717) is 16.5 Å². The van der Waals surface area contributed by atoms with Crippen LogP contribution in [0.1, 0.15) is 15.9 Å². The van der Waals surface area contributed by atoms with Gasteiger partial charge in [0.25, 0.3) is 0 Å². The van der Waals surface area contributed by atoms with Crippen LogP contribution in [-0.2, 0) is 0 Å². The zero-order valence-corrected chi connectivity index (χ0v) is 10.6. The summed E-state index contributed by atoms with van der Waals surface area (Å²) in [5.74, 6) is -0.605. The number of benzene rings is 1. The monoisotopic (exact) mass is 276 g/mol. The minimum Gasteiger partial charge on any atom is -0.478 e. The minimum atomic E-state index is -1.03. The number of fused-ring (bicyclic) bond motifs is 1. The topological polar surface area (TPSA) is 83.8 Å². The Labute approximate surface area is 112 Å². The summed E-state index contributed by atoms with van der Waals surface area (Å²) in [4.78, 5) is 18.2. The molecule has 0 spiro atoms. The second-order valence-corrected chi connectivity index (χ2v) is 4.59. The van der Waals surface area contributed by atoms with Crippen LogP contribution in [0.15, 0.2) is 24.5 Å². The number of carboxylic acid groups (broad SMARTS) is 1. The third kappa shape index (κ3) is 1.96. The quantitative estimate of drug-likeness (QED) is 0.753. The van der Waals surface area contributed by atoms with Gasteiger partial charge in [-0.1, -0.05) is 11.6 Å². The van der Waals surface area contributed by atoms with Gasteiger partial charge in [0, 0.05) is 6.20 Å². The van der Waals surface area contributed by atoms with Crippen molar-refractivity contribution in [1.82, 2.24) is 19.7 Å². The first-order chi connectivity index (χ1) is 9.04. The Morgan fingerprint density at radius 3 is 2.95 bits per heavy atom. The van der Waals surface area contributed by atoms with E-state index in [0.717, 1.165) is 11.1 Å².